The highest BCUT2D eigenvalue weighted by atomic mass is 32.2. The Kier molecular flexibility index (Phi) is 6.79. The number of ether oxygens (including phenoxy) is 1. The van der Waals surface area contributed by atoms with Crippen molar-refractivity contribution in [1.29, 1.82) is 0 Å². The molecule has 0 fully saturated rings. The molecule has 0 atom stereocenters. The van der Waals surface area contributed by atoms with E-state index < -0.39 is 8.07 Å². The number of hydrogen-bond acceptors (Lipinski definition) is 3. The predicted octanol–water partition coefficient (Wildman–Crippen LogP) is 9.92. The molecule has 0 saturated carbocycles. The lowest BCUT2D eigenvalue weighted by atomic mass is 10.0. The van der Waals surface area contributed by atoms with E-state index in [0.717, 1.165) is 28.6 Å². The van der Waals surface area contributed by atoms with Gasteiger partial charge >= 0.3 is 0 Å². The van der Waals surface area contributed by atoms with Gasteiger partial charge in [0.05, 0.1) is 5.69 Å². The summed E-state index contributed by atoms with van der Waals surface area (Å²) in [6, 6.07) is 68.6. The van der Waals surface area contributed by atoms with Crippen LogP contribution in [0.2, 0.25) is 0 Å². The van der Waals surface area contributed by atoms with Gasteiger partial charge in [-0.15, -0.1) is 0 Å². The fourth-order valence-electron chi connectivity index (χ4n) is 8.01. The smallest absolute Gasteiger partial charge is 0.190 e. The number of rotatable bonds is 4. The van der Waals surface area contributed by atoms with Crippen LogP contribution in [0.1, 0.15) is 0 Å². The average molecular weight is 674 g/mol. The molecular formula is C46H31NOSSi. The molecule has 0 radical (unpaired) electrons. The molecule has 2 aliphatic rings. The molecule has 0 aromatic heterocycles. The van der Waals surface area contributed by atoms with Crippen molar-refractivity contribution in [2.24, 2.45) is 0 Å². The molecule has 50 heavy (non-hydrogen) atoms. The van der Waals surface area contributed by atoms with Gasteiger partial charge in [0, 0.05) is 26.6 Å². The fraction of sp³-hybridized carbons (Fsp3) is 0. The van der Waals surface area contributed by atoms with Gasteiger partial charge in [-0.3, -0.25) is 0 Å². The fourth-order valence-corrected chi connectivity index (χ4v) is 15.2. The second-order valence-corrected chi connectivity index (χ2v) is 17.6. The molecule has 4 heteroatoms. The van der Waals surface area contributed by atoms with Crippen molar-refractivity contribution in [3.05, 3.63) is 188 Å². The zero-order valence-corrected chi connectivity index (χ0v) is 29.0. The van der Waals surface area contributed by atoms with E-state index in [9.17, 15) is 0 Å². The number of anilines is 3. The second-order valence-electron chi connectivity index (χ2n) is 12.9. The van der Waals surface area contributed by atoms with Gasteiger partial charge in [0.15, 0.2) is 8.07 Å². The molecular weight excluding hydrogens is 643 g/mol. The minimum Gasteiger partial charge on any atom is -0.458 e. The van der Waals surface area contributed by atoms with Gasteiger partial charge in [-0.05, 0) is 91.9 Å². The molecule has 0 aliphatic carbocycles. The van der Waals surface area contributed by atoms with E-state index in [1.807, 2.05) is 11.8 Å². The van der Waals surface area contributed by atoms with Gasteiger partial charge in [0.25, 0.3) is 0 Å². The number of fused-ring (bicyclic) bond motifs is 9. The van der Waals surface area contributed by atoms with Crippen LogP contribution in [0.3, 0.4) is 0 Å². The number of nitrogens with zero attached hydrogens (tertiary/aromatic N) is 1. The molecule has 10 rings (SSSR count). The Labute approximate surface area is 297 Å². The summed E-state index contributed by atoms with van der Waals surface area (Å²) in [6.07, 6.45) is 0. The van der Waals surface area contributed by atoms with Gasteiger partial charge < -0.3 is 9.64 Å². The van der Waals surface area contributed by atoms with Gasteiger partial charge in [-0.25, -0.2) is 0 Å². The number of benzene rings is 8. The lowest BCUT2D eigenvalue weighted by Crippen LogP contribution is -2.77. The molecule has 0 amide bonds. The van der Waals surface area contributed by atoms with Crippen LogP contribution in [0.25, 0.3) is 21.9 Å². The van der Waals surface area contributed by atoms with Crippen LogP contribution in [0.5, 0.6) is 11.5 Å². The van der Waals surface area contributed by atoms with Gasteiger partial charge in [-0.2, -0.15) is 0 Å². The molecule has 8 aromatic rings. The first kappa shape index (κ1) is 29.1. The summed E-state index contributed by atoms with van der Waals surface area (Å²) in [5.74, 6) is 1.89. The summed E-state index contributed by atoms with van der Waals surface area (Å²) >= 11 is 1.89. The third-order valence-electron chi connectivity index (χ3n) is 10.2. The van der Waals surface area contributed by atoms with Gasteiger partial charge in [0.2, 0.25) is 0 Å². The van der Waals surface area contributed by atoms with Crippen molar-refractivity contribution in [3.63, 3.8) is 0 Å². The lowest BCUT2D eigenvalue weighted by molar-refractivity contribution is 0.487. The Hall–Kier alpha value is -5.81. The first-order valence-electron chi connectivity index (χ1n) is 17.0. The molecule has 0 bridgehead atoms. The number of hydrogen-bond donors (Lipinski definition) is 0. The molecule has 0 N–H and O–H groups in total. The molecule has 8 aromatic carbocycles. The maximum absolute atomic E-state index is 6.83. The van der Waals surface area contributed by atoms with Crippen LogP contribution >= 0.6 is 11.8 Å². The Morgan fingerprint density at radius 3 is 1.78 bits per heavy atom. The molecule has 236 valence electrons. The van der Waals surface area contributed by atoms with E-state index in [1.54, 1.807) is 0 Å². The third-order valence-corrected chi connectivity index (χ3v) is 16.6. The topological polar surface area (TPSA) is 12.5 Å². The van der Waals surface area contributed by atoms with E-state index in [0.29, 0.717) is 0 Å². The van der Waals surface area contributed by atoms with Gasteiger partial charge in [0.1, 0.15) is 11.5 Å². The normalized spacial score (nSPS) is 13.4. The predicted molar refractivity (Wildman–Crippen MR) is 212 cm³/mol. The zero-order valence-electron chi connectivity index (χ0n) is 27.2. The monoisotopic (exact) mass is 673 g/mol. The van der Waals surface area contributed by atoms with E-state index in [2.05, 4.69) is 193 Å². The largest absolute Gasteiger partial charge is 0.458 e. The summed E-state index contributed by atoms with van der Waals surface area (Å²) < 4.78 is 6.83. The van der Waals surface area contributed by atoms with E-state index in [-0.39, 0.29) is 0 Å². The van der Waals surface area contributed by atoms with Crippen LogP contribution in [0, 0.1) is 0 Å². The summed E-state index contributed by atoms with van der Waals surface area (Å²) in [5.41, 5.74) is 5.76. The second kappa shape index (κ2) is 11.7. The quantitative estimate of drug-likeness (QED) is 0.173. The van der Waals surface area contributed by atoms with Crippen LogP contribution in [0.15, 0.2) is 198 Å². The molecule has 1 spiro atoms. The Morgan fingerprint density at radius 2 is 1.00 bits per heavy atom. The van der Waals surface area contributed by atoms with Gasteiger partial charge in [-0.1, -0.05) is 145 Å². The van der Waals surface area contributed by atoms with E-state index in [4.69, 9.17) is 4.74 Å². The first-order chi connectivity index (χ1) is 24.8. The van der Waals surface area contributed by atoms with Crippen LogP contribution in [0.4, 0.5) is 17.1 Å². The SMILES string of the molecule is c1ccc(-c2ccc(N(c3ccc4c(c3)[Si]3(c5ccccc5O4)c4ccccc4Sc4ccccc43)c3cccc4ccccc34)cc2)cc1. The summed E-state index contributed by atoms with van der Waals surface area (Å²) in [4.78, 5) is 5.08. The summed E-state index contributed by atoms with van der Waals surface area (Å²) in [6.45, 7) is 0. The Balaban J connectivity index is 1.25. The average Bonchev–Trinajstić information content (AvgIpc) is 3.19. The van der Waals surface area contributed by atoms with Crippen LogP contribution < -0.4 is 30.4 Å². The van der Waals surface area contributed by atoms with E-state index >= 15 is 0 Å². The first-order valence-corrected chi connectivity index (χ1v) is 19.8. The van der Waals surface area contributed by atoms with Crippen molar-refractivity contribution in [2.45, 2.75) is 9.79 Å². The van der Waals surface area contributed by atoms with Crippen LogP contribution in [-0.4, -0.2) is 8.07 Å². The third kappa shape index (κ3) is 4.42. The highest BCUT2D eigenvalue weighted by Gasteiger charge is 2.52. The minimum atomic E-state index is -2.81. The van der Waals surface area contributed by atoms with Crippen molar-refractivity contribution >= 4 is 68.4 Å². The zero-order chi connectivity index (χ0) is 33.1. The minimum absolute atomic E-state index is 0.938. The Morgan fingerprint density at radius 1 is 0.420 bits per heavy atom. The standard InChI is InChI=1S/C46H31NOSSi/c1-2-13-32(14-3-1)33-25-27-35(28-26-33)47(38-18-12-16-34-15-4-5-17-37(34)38)36-29-30-40-46(31-36)50(43-22-9-6-19-39(43)48-40)44-23-10-7-20-41(44)49-42-21-8-11-24-45(42)50/h1-31H. The molecule has 2 nitrogen and oxygen atoms in total. The highest BCUT2D eigenvalue weighted by Crippen LogP contribution is 2.43. The van der Waals surface area contributed by atoms with Crippen molar-refractivity contribution < 1.29 is 4.74 Å². The van der Waals surface area contributed by atoms with Crippen molar-refractivity contribution in [2.75, 3.05) is 4.90 Å². The molecule has 2 heterocycles. The van der Waals surface area contributed by atoms with Crippen molar-refractivity contribution in [1.82, 2.24) is 0 Å². The lowest BCUT2D eigenvalue weighted by Gasteiger charge is -2.43. The van der Waals surface area contributed by atoms with Crippen molar-refractivity contribution in [3.8, 4) is 22.6 Å². The summed E-state index contributed by atoms with van der Waals surface area (Å²) in [5, 5.41) is 7.83. The maximum atomic E-state index is 6.83. The van der Waals surface area contributed by atoms with E-state index in [1.165, 1.54) is 52.4 Å². The Bertz CT molecular complexity index is 2460. The summed E-state index contributed by atoms with van der Waals surface area (Å²) in [7, 11) is -2.81. The maximum Gasteiger partial charge on any atom is 0.190 e. The highest BCUT2D eigenvalue weighted by molar-refractivity contribution is 8.00. The number of para-hydroxylation sites is 1. The molecule has 0 unspecified atom stereocenters. The van der Waals surface area contributed by atoms with Crippen LogP contribution in [-0.2, 0) is 0 Å². The molecule has 2 aliphatic heterocycles. The molecule has 0 saturated heterocycles.